The Morgan fingerprint density at radius 2 is 1.78 bits per heavy atom. The van der Waals surface area contributed by atoms with E-state index in [0.717, 1.165) is 25.7 Å². The smallest absolute Gasteiger partial charge is 0.314 e. The van der Waals surface area contributed by atoms with Crippen molar-refractivity contribution in [3.63, 3.8) is 0 Å². The molecule has 0 aliphatic heterocycles. The van der Waals surface area contributed by atoms with Crippen molar-refractivity contribution in [2.75, 3.05) is 0 Å². The van der Waals surface area contributed by atoms with Crippen molar-refractivity contribution < 1.29 is 14.3 Å². The highest BCUT2D eigenvalue weighted by Gasteiger charge is 2.24. The molecule has 0 spiro atoms. The predicted molar refractivity (Wildman–Crippen MR) is 68.7 cm³/mol. The molecule has 1 aliphatic carbocycles. The Morgan fingerprint density at radius 1 is 1.17 bits per heavy atom. The third-order valence-corrected chi connectivity index (χ3v) is 3.40. The van der Waals surface area contributed by atoms with Crippen molar-refractivity contribution >= 4 is 11.8 Å². The lowest BCUT2D eigenvalue weighted by Gasteiger charge is -2.09. The number of Topliss-reactive ketones (excluding diaryl/α,β-unsaturated/α-hetero) is 1. The average molecular weight is 246 g/mol. The number of rotatable bonds is 4. The first-order valence-corrected chi connectivity index (χ1v) is 6.55. The van der Waals surface area contributed by atoms with Crippen molar-refractivity contribution in [1.82, 2.24) is 0 Å². The highest BCUT2D eigenvalue weighted by Crippen LogP contribution is 2.26. The van der Waals surface area contributed by atoms with Gasteiger partial charge in [0, 0.05) is 12.0 Å². The summed E-state index contributed by atoms with van der Waals surface area (Å²) in [6.07, 6.45) is 4.59. The van der Waals surface area contributed by atoms with E-state index in [2.05, 4.69) is 0 Å². The fourth-order valence-corrected chi connectivity index (χ4v) is 2.27. The van der Waals surface area contributed by atoms with E-state index in [0.29, 0.717) is 17.7 Å². The van der Waals surface area contributed by atoms with Gasteiger partial charge in [0.25, 0.3) is 0 Å². The van der Waals surface area contributed by atoms with Crippen LogP contribution in [0.4, 0.5) is 0 Å². The maximum Gasteiger partial charge on any atom is 0.314 e. The summed E-state index contributed by atoms with van der Waals surface area (Å²) in [5, 5.41) is 0. The molecule has 0 bridgehead atoms. The van der Waals surface area contributed by atoms with E-state index < -0.39 is 0 Å². The first kappa shape index (κ1) is 12.8. The molecular formula is C15H18O3. The van der Waals surface area contributed by atoms with Crippen LogP contribution in [0.25, 0.3) is 0 Å². The van der Waals surface area contributed by atoms with Crippen molar-refractivity contribution in [3.05, 3.63) is 29.8 Å². The van der Waals surface area contributed by atoms with E-state index in [1.54, 1.807) is 24.3 Å². The second-order valence-electron chi connectivity index (χ2n) is 4.70. The molecule has 3 nitrogen and oxygen atoms in total. The van der Waals surface area contributed by atoms with Gasteiger partial charge in [0.05, 0.1) is 5.92 Å². The van der Waals surface area contributed by atoms with E-state index in [-0.39, 0.29) is 17.7 Å². The number of hydrogen-bond donors (Lipinski definition) is 0. The first-order chi connectivity index (χ1) is 8.70. The molecule has 2 rings (SSSR count). The second-order valence-corrected chi connectivity index (χ2v) is 4.70. The van der Waals surface area contributed by atoms with Gasteiger partial charge in [-0.3, -0.25) is 9.59 Å². The Balaban J connectivity index is 1.97. The summed E-state index contributed by atoms with van der Waals surface area (Å²) in [5.41, 5.74) is 0.665. The molecule has 0 unspecified atom stereocenters. The number of carbonyl (C=O) groups excluding carboxylic acids is 2. The van der Waals surface area contributed by atoms with Gasteiger partial charge < -0.3 is 4.74 Å². The summed E-state index contributed by atoms with van der Waals surface area (Å²) in [7, 11) is 0. The number of ether oxygens (including phenoxy) is 1. The van der Waals surface area contributed by atoms with Gasteiger partial charge in [0.15, 0.2) is 5.78 Å². The molecule has 96 valence electrons. The summed E-state index contributed by atoms with van der Waals surface area (Å²) < 4.78 is 5.32. The van der Waals surface area contributed by atoms with Gasteiger partial charge >= 0.3 is 5.97 Å². The lowest BCUT2D eigenvalue weighted by molar-refractivity contribution is -0.138. The Labute approximate surface area is 107 Å². The maximum absolute atomic E-state index is 11.8. The molecule has 0 aromatic heterocycles. The molecule has 1 aromatic rings. The van der Waals surface area contributed by atoms with Crippen LogP contribution in [0.3, 0.4) is 0 Å². The predicted octanol–water partition coefficient (Wildman–Crippen LogP) is 3.37. The lowest BCUT2D eigenvalue weighted by atomic mass is 10.1. The van der Waals surface area contributed by atoms with Crippen LogP contribution in [0, 0.1) is 5.92 Å². The van der Waals surface area contributed by atoms with Gasteiger partial charge in [0.1, 0.15) is 5.75 Å². The SMILES string of the molecule is CCC(=O)c1ccc(OC(=O)C2CCCC2)cc1. The first-order valence-electron chi connectivity index (χ1n) is 6.55. The molecule has 1 fully saturated rings. The largest absolute Gasteiger partial charge is 0.426 e. The normalized spacial score (nSPS) is 15.6. The van der Waals surface area contributed by atoms with Crippen LogP contribution < -0.4 is 4.74 Å². The molecule has 1 aromatic carbocycles. The van der Waals surface area contributed by atoms with Gasteiger partial charge in [-0.1, -0.05) is 19.8 Å². The molecule has 1 aliphatic rings. The fraction of sp³-hybridized carbons (Fsp3) is 0.467. The number of benzene rings is 1. The Bertz CT molecular complexity index is 428. The van der Waals surface area contributed by atoms with Gasteiger partial charge in [-0.05, 0) is 37.1 Å². The summed E-state index contributed by atoms with van der Waals surface area (Å²) in [4.78, 5) is 23.2. The van der Waals surface area contributed by atoms with Crippen LogP contribution in [-0.4, -0.2) is 11.8 Å². The number of hydrogen-bond acceptors (Lipinski definition) is 3. The van der Waals surface area contributed by atoms with E-state index in [1.165, 1.54) is 0 Å². The minimum atomic E-state index is -0.137. The van der Waals surface area contributed by atoms with Crippen molar-refractivity contribution in [1.29, 1.82) is 0 Å². The van der Waals surface area contributed by atoms with Crippen LogP contribution in [0.5, 0.6) is 5.75 Å². The highest BCUT2D eigenvalue weighted by molar-refractivity contribution is 5.95. The zero-order valence-corrected chi connectivity index (χ0v) is 10.6. The lowest BCUT2D eigenvalue weighted by Crippen LogP contribution is -2.17. The van der Waals surface area contributed by atoms with Crippen molar-refractivity contribution in [3.8, 4) is 5.75 Å². The van der Waals surface area contributed by atoms with Gasteiger partial charge in [-0.2, -0.15) is 0 Å². The molecule has 0 amide bonds. The van der Waals surface area contributed by atoms with E-state index >= 15 is 0 Å². The molecular weight excluding hydrogens is 228 g/mol. The Morgan fingerprint density at radius 3 is 2.33 bits per heavy atom. The fourth-order valence-electron chi connectivity index (χ4n) is 2.27. The maximum atomic E-state index is 11.8. The number of ketones is 1. The van der Waals surface area contributed by atoms with Crippen LogP contribution >= 0.6 is 0 Å². The van der Waals surface area contributed by atoms with Gasteiger partial charge in [-0.25, -0.2) is 0 Å². The van der Waals surface area contributed by atoms with Crippen molar-refractivity contribution in [2.24, 2.45) is 5.92 Å². The van der Waals surface area contributed by atoms with Gasteiger partial charge in [0.2, 0.25) is 0 Å². The van der Waals surface area contributed by atoms with E-state index in [9.17, 15) is 9.59 Å². The van der Waals surface area contributed by atoms with Crippen molar-refractivity contribution in [2.45, 2.75) is 39.0 Å². The number of carbonyl (C=O) groups is 2. The third-order valence-electron chi connectivity index (χ3n) is 3.40. The van der Waals surface area contributed by atoms with Crippen LogP contribution in [0.1, 0.15) is 49.4 Å². The van der Waals surface area contributed by atoms with Crippen LogP contribution in [-0.2, 0) is 4.79 Å². The molecule has 0 radical (unpaired) electrons. The Hall–Kier alpha value is -1.64. The molecule has 3 heteroatoms. The van der Waals surface area contributed by atoms with Crippen LogP contribution in [0.15, 0.2) is 24.3 Å². The molecule has 0 saturated heterocycles. The second kappa shape index (κ2) is 5.80. The average Bonchev–Trinajstić information content (AvgIpc) is 2.92. The topological polar surface area (TPSA) is 43.4 Å². The summed E-state index contributed by atoms with van der Waals surface area (Å²) >= 11 is 0. The molecule has 0 heterocycles. The standard InChI is InChI=1S/C15H18O3/c1-2-14(16)11-7-9-13(10-8-11)18-15(17)12-5-3-4-6-12/h7-10,12H,2-6H2,1H3. The van der Waals surface area contributed by atoms with E-state index in [4.69, 9.17) is 4.74 Å². The molecule has 1 saturated carbocycles. The molecule has 18 heavy (non-hydrogen) atoms. The minimum Gasteiger partial charge on any atom is -0.426 e. The zero-order valence-electron chi connectivity index (χ0n) is 10.6. The summed E-state index contributed by atoms with van der Waals surface area (Å²) in [6.45, 7) is 1.83. The van der Waals surface area contributed by atoms with Crippen LogP contribution in [0.2, 0.25) is 0 Å². The summed E-state index contributed by atoms with van der Waals surface area (Å²) in [5.74, 6) is 0.548. The Kier molecular flexibility index (Phi) is 4.13. The monoisotopic (exact) mass is 246 g/mol. The van der Waals surface area contributed by atoms with Gasteiger partial charge in [-0.15, -0.1) is 0 Å². The quantitative estimate of drug-likeness (QED) is 0.464. The molecule has 0 atom stereocenters. The third kappa shape index (κ3) is 2.97. The zero-order chi connectivity index (χ0) is 13.0. The van der Waals surface area contributed by atoms with E-state index in [1.807, 2.05) is 6.92 Å². The highest BCUT2D eigenvalue weighted by atomic mass is 16.5. The molecule has 0 N–H and O–H groups in total. The summed E-state index contributed by atoms with van der Waals surface area (Å²) in [6, 6.07) is 6.80. The minimum absolute atomic E-state index is 0.0574. The number of esters is 1.